The van der Waals surface area contributed by atoms with Crippen LogP contribution in [0.1, 0.15) is 27.3 Å². The Morgan fingerprint density at radius 3 is 2.95 bits per heavy atom. The Balaban J connectivity index is 1.77. The molecule has 0 unspecified atom stereocenters. The number of fused-ring (bicyclic) bond motifs is 1. The zero-order valence-corrected chi connectivity index (χ0v) is 12.4. The molecular weight excluding hydrogens is 280 g/mol. The van der Waals surface area contributed by atoms with Crippen LogP contribution in [0, 0.1) is 0 Å². The average Bonchev–Trinajstić information content (AvgIpc) is 2.93. The van der Waals surface area contributed by atoms with Gasteiger partial charge in [-0.2, -0.15) is 5.10 Å². The topological polar surface area (TPSA) is 79.2 Å². The number of hydrogen-bond donors (Lipinski definition) is 3. The van der Waals surface area contributed by atoms with Crippen LogP contribution in [0.4, 0.5) is 0 Å². The molecule has 0 aliphatic carbocycles. The quantitative estimate of drug-likeness (QED) is 0.749. The van der Waals surface area contributed by atoms with Crippen LogP contribution in [0.2, 0.25) is 0 Å². The summed E-state index contributed by atoms with van der Waals surface area (Å²) in [5.74, 6) is -0.166. The Hall–Kier alpha value is -2.18. The minimum absolute atomic E-state index is 0.0205. The molecule has 3 N–H and O–H groups in total. The van der Waals surface area contributed by atoms with Gasteiger partial charge in [-0.15, -0.1) is 0 Å². The van der Waals surface area contributed by atoms with E-state index in [-0.39, 0.29) is 12.5 Å². The van der Waals surface area contributed by atoms with Crippen LogP contribution in [-0.4, -0.2) is 33.9 Å². The molecule has 0 spiro atoms. The Morgan fingerprint density at radius 2 is 2.18 bits per heavy atom. The van der Waals surface area contributed by atoms with Crippen molar-refractivity contribution in [3.05, 3.63) is 52.8 Å². The summed E-state index contributed by atoms with van der Waals surface area (Å²) >= 11 is 0. The first-order chi connectivity index (χ1) is 10.8. The number of carbonyl (C=O) groups is 1. The van der Waals surface area contributed by atoms with Crippen LogP contribution >= 0.6 is 0 Å². The van der Waals surface area contributed by atoms with Gasteiger partial charge < -0.3 is 15.7 Å². The molecule has 0 saturated carbocycles. The molecule has 22 heavy (non-hydrogen) atoms. The lowest BCUT2D eigenvalue weighted by atomic mass is 10.1. The van der Waals surface area contributed by atoms with Crippen LogP contribution in [0.5, 0.6) is 0 Å². The summed E-state index contributed by atoms with van der Waals surface area (Å²) in [6.45, 7) is 2.44. The number of nitrogens with one attached hydrogen (secondary N) is 2. The molecule has 2 aromatic rings. The van der Waals surface area contributed by atoms with Gasteiger partial charge in [0.25, 0.3) is 5.91 Å². The predicted molar refractivity (Wildman–Crippen MR) is 82.3 cm³/mol. The predicted octanol–water partition coefficient (Wildman–Crippen LogP) is 0.451. The van der Waals surface area contributed by atoms with Crippen molar-refractivity contribution in [2.45, 2.75) is 26.1 Å². The van der Waals surface area contributed by atoms with Crippen molar-refractivity contribution in [2.24, 2.45) is 0 Å². The third kappa shape index (κ3) is 3.03. The molecule has 1 aromatic carbocycles. The Labute approximate surface area is 129 Å². The van der Waals surface area contributed by atoms with Crippen LogP contribution in [-0.2, 0) is 26.1 Å². The van der Waals surface area contributed by atoms with Gasteiger partial charge in [-0.05, 0) is 5.56 Å². The van der Waals surface area contributed by atoms with Crippen LogP contribution in [0.3, 0.4) is 0 Å². The molecule has 2 heterocycles. The molecule has 0 radical (unpaired) electrons. The number of aliphatic hydroxyl groups excluding tert-OH is 1. The number of aliphatic hydroxyl groups is 1. The van der Waals surface area contributed by atoms with Crippen LogP contribution in [0.15, 0.2) is 30.3 Å². The summed E-state index contributed by atoms with van der Waals surface area (Å²) < 4.78 is 1.76. The standard InChI is InChI=1S/C16H20N4O2/c21-9-8-20-14-6-7-17-11-13(14)15(19-20)16(22)18-10-12-4-2-1-3-5-12/h1-5,17,21H,6-11H2,(H,18,22). The minimum atomic E-state index is -0.166. The highest BCUT2D eigenvalue weighted by molar-refractivity contribution is 5.94. The van der Waals surface area contributed by atoms with Crippen molar-refractivity contribution in [3.8, 4) is 0 Å². The molecule has 1 aliphatic heterocycles. The van der Waals surface area contributed by atoms with E-state index in [0.717, 1.165) is 29.8 Å². The van der Waals surface area contributed by atoms with Gasteiger partial charge in [0.15, 0.2) is 5.69 Å². The van der Waals surface area contributed by atoms with Gasteiger partial charge in [0.2, 0.25) is 0 Å². The number of rotatable bonds is 5. The van der Waals surface area contributed by atoms with E-state index in [1.165, 1.54) is 0 Å². The van der Waals surface area contributed by atoms with Crippen LogP contribution in [0.25, 0.3) is 0 Å². The molecular formula is C16H20N4O2. The first-order valence-electron chi connectivity index (χ1n) is 7.52. The lowest BCUT2D eigenvalue weighted by molar-refractivity contribution is 0.0943. The van der Waals surface area contributed by atoms with Crippen molar-refractivity contribution in [3.63, 3.8) is 0 Å². The second kappa shape index (κ2) is 6.72. The second-order valence-corrected chi connectivity index (χ2v) is 5.32. The van der Waals surface area contributed by atoms with Crippen molar-refractivity contribution in [1.82, 2.24) is 20.4 Å². The van der Waals surface area contributed by atoms with Gasteiger partial charge in [-0.1, -0.05) is 30.3 Å². The number of aromatic nitrogens is 2. The van der Waals surface area contributed by atoms with Crippen LogP contribution < -0.4 is 10.6 Å². The third-order valence-electron chi connectivity index (χ3n) is 3.83. The monoisotopic (exact) mass is 300 g/mol. The van der Waals surface area contributed by atoms with Gasteiger partial charge in [-0.25, -0.2) is 0 Å². The van der Waals surface area contributed by atoms with E-state index in [1.54, 1.807) is 4.68 Å². The molecule has 116 valence electrons. The van der Waals surface area contributed by atoms with Gasteiger partial charge in [-0.3, -0.25) is 9.48 Å². The highest BCUT2D eigenvalue weighted by atomic mass is 16.3. The Bertz CT molecular complexity index is 652. The molecule has 0 saturated heterocycles. The highest BCUT2D eigenvalue weighted by Gasteiger charge is 2.24. The number of nitrogens with zero attached hydrogens (tertiary/aromatic N) is 2. The summed E-state index contributed by atoms with van der Waals surface area (Å²) in [5.41, 5.74) is 3.52. The van der Waals surface area contributed by atoms with E-state index in [0.29, 0.717) is 25.3 Å². The fraction of sp³-hybridized carbons (Fsp3) is 0.375. The number of amides is 1. The summed E-state index contributed by atoms with van der Waals surface area (Å²) in [6, 6.07) is 9.79. The van der Waals surface area contributed by atoms with E-state index in [4.69, 9.17) is 5.11 Å². The Kier molecular flexibility index (Phi) is 4.50. The maximum Gasteiger partial charge on any atom is 0.272 e. The largest absolute Gasteiger partial charge is 0.394 e. The molecule has 3 rings (SSSR count). The van der Waals surface area contributed by atoms with Crippen molar-refractivity contribution >= 4 is 5.91 Å². The van der Waals surface area contributed by atoms with E-state index in [2.05, 4.69) is 15.7 Å². The van der Waals surface area contributed by atoms with Gasteiger partial charge >= 0.3 is 0 Å². The lowest BCUT2D eigenvalue weighted by Gasteiger charge is -2.15. The fourth-order valence-corrected chi connectivity index (χ4v) is 2.74. The smallest absolute Gasteiger partial charge is 0.272 e. The SMILES string of the molecule is O=C(NCc1ccccc1)c1nn(CCO)c2c1CNCC2. The van der Waals surface area contributed by atoms with Gasteiger partial charge in [0, 0.05) is 37.3 Å². The molecule has 0 bridgehead atoms. The fourth-order valence-electron chi connectivity index (χ4n) is 2.74. The lowest BCUT2D eigenvalue weighted by Crippen LogP contribution is -2.28. The number of hydrogen-bond acceptors (Lipinski definition) is 4. The molecule has 1 aromatic heterocycles. The molecule has 6 heteroatoms. The van der Waals surface area contributed by atoms with Crippen molar-refractivity contribution in [2.75, 3.05) is 13.2 Å². The highest BCUT2D eigenvalue weighted by Crippen LogP contribution is 2.18. The number of benzene rings is 1. The van der Waals surface area contributed by atoms with Gasteiger partial charge in [0.1, 0.15) is 0 Å². The zero-order chi connectivity index (χ0) is 15.4. The maximum atomic E-state index is 12.4. The molecule has 0 fully saturated rings. The van der Waals surface area contributed by atoms with Gasteiger partial charge in [0.05, 0.1) is 13.2 Å². The third-order valence-corrected chi connectivity index (χ3v) is 3.83. The minimum Gasteiger partial charge on any atom is -0.394 e. The molecule has 0 atom stereocenters. The van der Waals surface area contributed by atoms with E-state index in [9.17, 15) is 4.79 Å². The Morgan fingerprint density at radius 1 is 1.36 bits per heavy atom. The van der Waals surface area contributed by atoms with E-state index >= 15 is 0 Å². The summed E-state index contributed by atoms with van der Waals surface area (Å²) in [5, 5.41) is 19.7. The first kappa shape index (κ1) is 14.7. The van der Waals surface area contributed by atoms with E-state index < -0.39 is 0 Å². The normalized spacial score (nSPS) is 13.7. The number of carbonyl (C=O) groups excluding carboxylic acids is 1. The summed E-state index contributed by atoms with van der Waals surface area (Å²) in [4.78, 5) is 12.4. The second-order valence-electron chi connectivity index (χ2n) is 5.32. The molecule has 1 amide bonds. The summed E-state index contributed by atoms with van der Waals surface area (Å²) in [7, 11) is 0. The first-order valence-corrected chi connectivity index (χ1v) is 7.52. The average molecular weight is 300 g/mol. The molecule has 1 aliphatic rings. The molecule has 6 nitrogen and oxygen atoms in total. The van der Waals surface area contributed by atoms with Crippen molar-refractivity contribution in [1.29, 1.82) is 0 Å². The van der Waals surface area contributed by atoms with E-state index in [1.807, 2.05) is 30.3 Å². The maximum absolute atomic E-state index is 12.4. The zero-order valence-electron chi connectivity index (χ0n) is 12.4. The van der Waals surface area contributed by atoms with Crippen molar-refractivity contribution < 1.29 is 9.90 Å². The summed E-state index contributed by atoms with van der Waals surface area (Å²) in [6.07, 6.45) is 0.828.